The highest BCUT2D eigenvalue weighted by atomic mass is 16.5. The summed E-state index contributed by atoms with van der Waals surface area (Å²) in [6, 6.07) is 14.5. The number of nitrogens with zero attached hydrogens (tertiary/aromatic N) is 2. The fourth-order valence-electron chi connectivity index (χ4n) is 3.40. The van der Waals surface area contributed by atoms with E-state index >= 15 is 0 Å². The largest absolute Gasteiger partial charge is 0.436 e. The van der Waals surface area contributed by atoms with E-state index in [0.29, 0.717) is 23.4 Å². The molecule has 0 atom stereocenters. The Bertz CT molecular complexity index is 869. The first-order chi connectivity index (χ1) is 12.3. The van der Waals surface area contributed by atoms with Crippen molar-refractivity contribution in [3.8, 4) is 11.6 Å². The maximum absolute atomic E-state index is 6.28. The zero-order valence-electron chi connectivity index (χ0n) is 14.1. The lowest BCUT2D eigenvalue weighted by atomic mass is 9.95. The summed E-state index contributed by atoms with van der Waals surface area (Å²) in [5.74, 6) is 1.80. The quantitative estimate of drug-likeness (QED) is 0.720. The maximum Gasteiger partial charge on any atom is 0.248 e. The predicted octanol–water partition coefficient (Wildman–Crippen LogP) is 4.75. The van der Waals surface area contributed by atoms with E-state index in [1.165, 1.54) is 25.6 Å². The first kappa shape index (κ1) is 15.7. The van der Waals surface area contributed by atoms with Crippen LogP contribution in [0.3, 0.4) is 0 Å². The second-order valence-electron chi connectivity index (χ2n) is 6.50. The molecule has 1 fully saturated rings. The fraction of sp³-hybridized carbons (Fsp3) is 0.300. The van der Waals surface area contributed by atoms with Crippen LogP contribution in [0.15, 0.2) is 48.8 Å². The Kier molecular flexibility index (Phi) is 4.37. The predicted molar refractivity (Wildman–Crippen MR) is 101 cm³/mol. The van der Waals surface area contributed by atoms with E-state index in [1.807, 2.05) is 30.3 Å². The van der Waals surface area contributed by atoms with E-state index < -0.39 is 0 Å². The monoisotopic (exact) mass is 334 g/mol. The molecule has 5 heteroatoms. The van der Waals surface area contributed by atoms with Crippen molar-refractivity contribution in [3.05, 3.63) is 48.8 Å². The number of aromatic nitrogens is 2. The van der Waals surface area contributed by atoms with E-state index in [1.54, 1.807) is 0 Å². The van der Waals surface area contributed by atoms with Gasteiger partial charge in [0.25, 0.3) is 0 Å². The summed E-state index contributed by atoms with van der Waals surface area (Å²) >= 11 is 0. The van der Waals surface area contributed by atoms with Crippen molar-refractivity contribution in [3.63, 3.8) is 0 Å². The maximum atomic E-state index is 6.28. The molecule has 5 nitrogen and oxygen atoms in total. The Morgan fingerprint density at radius 1 is 0.960 bits per heavy atom. The second-order valence-corrected chi connectivity index (χ2v) is 6.50. The van der Waals surface area contributed by atoms with Gasteiger partial charge in [-0.05, 0) is 24.3 Å². The van der Waals surface area contributed by atoms with Crippen molar-refractivity contribution in [1.29, 1.82) is 0 Å². The van der Waals surface area contributed by atoms with Crippen LogP contribution >= 0.6 is 0 Å². The van der Waals surface area contributed by atoms with Gasteiger partial charge in [0, 0.05) is 11.4 Å². The summed E-state index contributed by atoms with van der Waals surface area (Å²) in [5, 5.41) is 5.61. The van der Waals surface area contributed by atoms with Crippen LogP contribution in [-0.4, -0.2) is 16.0 Å². The Balaban J connectivity index is 1.61. The number of nitrogens with two attached hydrogens (primary N) is 1. The topological polar surface area (TPSA) is 73.1 Å². The van der Waals surface area contributed by atoms with Crippen LogP contribution in [0.1, 0.15) is 32.1 Å². The van der Waals surface area contributed by atoms with Crippen molar-refractivity contribution < 1.29 is 4.74 Å². The van der Waals surface area contributed by atoms with Crippen LogP contribution in [-0.2, 0) is 0 Å². The van der Waals surface area contributed by atoms with Gasteiger partial charge in [-0.25, -0.2) is 4.98 Å². The SMILES string of the molecule is Nc1c(NC2CCCCC2)ncnc1Oc1cccc2ccccc12. The van der Waals surface area contributed by atoms with Gasteiger partial charge < -0.3 is 15.8 Å². The third kappa shape index (κ3) is 3.36. The first-order valence-electron chi connectivity index (χ1n) is 8.84. The smallest absolute Gasteiger partial charge is 0.248 e. The number of hydrogen-bond acceptors (Lipinski definition) is 5. The van der Waals surface area contributed by atoms with Gasteiger partial charge in [-0.2, -0.15) is 4.98 Å². The molecule has 1 saturated carbocycles. The third-order valence-corrected chi connectivity index (χ3v) is 4.75. The van der Waals surface area contributed by atoms with Gasteiger partial charge >= 0.3 is 0 Å². The molecule has 1 aliphatic carbocycles. The van der Waals surface area contributed by atoms with Gasteiger partial charge in [-0.1, -0.05) is 55.7 Å². The van der Waals surface area contributed by atoms with Crippen molar-refractivity contribution >= 4 is 22.3 Å². The summed E-state index contributed by atoms with van der Waals surface area (Å²) in [6.45, 7) is 0. The van der Waals surface area contributed by atoms with Gasteiger partial charge in [0.1, 0.15) is 17.8 Å². The van der Waals surface area contributed by atoms with Crippen molar-refractivity contribution in [1.82, 2.24) is 9.97 Å². The number of hydrogen-bond donors (Lipinski definition) is 2. The Hall–Kier alpha value is -2.82. The number of nitrogens with one attached hydrogen (secondary N) is 1. The van der Waals surface area contributed by atoms with Crippen molar-refractivity contribution in [2.24, 2.45) is 0 Å². The molecule has 3 N–H and O–H groups in total. The number of nitrogen functional groups attached to an aromatic ring is 1. The number of rotatable bonds is 4. The molecule has 3 aromatic rings. The zero-order valence-corrected chi connectivity index (χ0v) is 14.1. The van der Waals surface area contributed by atoms with E-state index in [-0.39, 0.29) is 0 Å². The van der Waals surface area contributed by atoms with Crippen LogP contribution in [0.2, 0.25) is 0 Å². The molecule has 0 unspecified atom stereocenters. The fourth-order valence-corrected chi connectivity index (χ4v) is 3.40. The van der Waals surface area contributed by atoms with E-state index in [4.69, 9.17) is 10.5 Å². The minimum absolute atomic E-state index is 0.393. The Morgan fingerprint density at radius 2 is 1.76 bits per heavy atom. The molecule has 0 radical (unpaired) electrons. The average Bonchev–Trinajstić information content (AvgIpc) is 2.66. The van der Waals surface area contributed by atoms with Gasteiger partial charge in [0.15, 0.2) is 5.82 Å². The molecule has 0 spiro atoms. The summed E-state index contributed by atoms with van der Waals surface area (Å²) in [5.41, 5.74) is 6.74. The number of benzene rings is 2. The average molecular weight is 334 g/mol. The van der Waals surface area contributed by atoms with Crippen LogP contribution in [0, 0.1) is 0 Å². The molecule has 0 saturated heterocycles. The molecule has 25 heavy (non-hydrogen) atoms. The molecule has 0 aliphatic heterocycles. The summed E-state index contributed by atoms with van der Waals surface area (Å²) < 4.78 is 6.04. The summed E-state index contributed by atoms with van der Waals surface area (Å²) in [6.07, 6.45) is 7.63. The molecule has 0 bridgehead atoms. The summed E-state index contributed by atoms with van der Waals surface area (Å²) in [4.78, 5) is 8.55. The van der Waals surface area contributed by atoms with Crippen LogP contribution in [0.5, 0.6) is 11.6 Å². The summed E-state index contributed by atoms with van der Waals surface area (Å²) in [7, 11) is 0. The zero-order chi connectivity index (χ0) is 17.1. The molecule has 1 aliphatic rings. The highest BCUT2D eigenvalue weighted by Gasteiger charge is 2.17. The van der Waals surface area contributed by atoms with E-state index in [9.17, 15) is 0 Å². The lowest BCUT2D eigenvalue weighted by Crippen LogP contribution is -2.23. The van der Waals surface area contributed by atoms with Crippen LogP contribution in [0.4, 0.5) is 11.5 Å². The van der Waals surface area contributed by atoms with Crippen LogP contribution < -0.4 is 15.8 Å². The third-order valence-electron chi connectivity index (χ3n) is 4.75. The highest BCUT2D eigenvalue weighted by molar-refractivity contribution is 5.88. The molecule has 1 aromatic heterocycles. The highest BCUT2D eigenvalue weighted by Crippen LogP contribution is 2.34. The normalized spacial score (nSPS) is 15.2. The molecular weight excluding hydrogens is 312 g/mol. The van der Waals surface area contributed by atoms with E-state index in [0.717, 1.165) is 29.4 Å². The Morgan fingerprint density at radius 3 is 2.64 bits per heavy atom. The van der Waals surface area contributed by atoms with Gasteiger partial charge in [0.05, 0.1) is 0 Å². The number of ether oxygens (including phenoxy) is 1. The molecule has 4 rings (SSSR count). The molecule has 2 aromatic carbocycles. The first-order valence-corrected chi connectivity index (χ1v) is 8.84. The van der Waals surface area contributed by atoms with Crippen molar-refractivity contribution in [2.45, 2.75) is 38.1 Å². The van der Waals surface area contributed by atoms with Crippen LogP contribution in [0.25, 0.3) is 10.8 Å². The Labute approximate surface area is 147 Å². The lowest BCUT2D eigenvalue weighted by molar-refractivity contribution is 0.459. The number of fused-ring (bicyclic) bond motifs is 1. The lowest BCUT2D eigenvalue weighted by Gasteiger charge is -2.24. The minimum atomic E-state index is 0.393. The second kappa shape index (κ2) is 6.97. The standard InChI is InChI=1S/C20H22N4O/c21-18-19(24-15-9-2-1-3-10-15)22-13-23-20(18)25-17-12-6-8-14-7-4-5-11-16(14)17/h4-8,11-13,15H,1-3,9-10,21H2,(H,22,23,24). The van der Waals surface area contributed by atoms with Crippen molar-refractivity contribution in [2.75, 3.05) is 11.1 Å². The van der Waals surface area contributed by atoms with Gasteiger partial charge in [-0.15, -0.1) is 0 Å². The molecule has 128 valence electrons. The minimum Gasteiger partial charge on any atom is -0.436 e. The van der Waals surface area contributed by atoms with E-state index in [2.05, 4.69) is 27.4 Å². The molecule has 1 heterocycles. The molecule has 0 amide bonds. The molecular formula is C20H22N4O. The van der Waals surface area contributed by atoms with Gasteiger partial charge in [0.2, 0.25) is 5.88 Å². The van der Waals surface area contributed by atoms with Gasteiger partial charge in [-0.3, -0.25) is 0 Å². The number of anilines is 2.